The zero-order valence-corrected chi connectivity index (χ0v) is 37.7. The molecule has 0 radical (unpaired) electrons. The van der Waals surface area contributed by atoms with E-state index in [1.807, 2.05) is 6.07 Å². The fraction of sp³-hybridized carbons (Fsp3) is 0. The highest BCUT2D eigenvalue weighted by Gasteiger charge is 2.26. The SMILES string of the molecule is c1ccc(-c2ccc3c(c2)c2cc(-c4ccccc4)cc(-c4ccccc4)c2n3-c2c(-c3ccccc3)cc(-c3nc(-c4ccccc4)nc4c3sc3ccccc34)cc2-c2ccccc2)cc1. The van der Waals surface area contributed by atoms with Gasteiger partial charge in [0, 0.05) is 48.7 Å². The van der Waals surface area contributed by atoms with Crippen LogP contribution >= 0.6 is 11.3 Å². The predicted molar refractivity (Wildman–Crippen MR) is 287 cm³/mol. The van der Waals surface area contributed by atoms with E-state index >= 15 is 0 Å². The molecule has 0 unspecified atom stereocenters. The number of hydrogen-bond acceptors (Lipinski definition) is 3. The average molecular weight is 884 g/mol. The van der Waals surface area contributed by atoms with Gasteiger partial charge in [-0.25, -0.2) is 9.97 Å². The van der Waals surface area contributed by atoms with Gasteiger partial charge in [-0.2, -0.15) is 0 Å². The summed E-state index contributed by atoms with van der Waals surface area (Å²) in [5.41, 5.74) is 18.8. The zero-order chi connectivity index (χ0) is 45.0. The Morgan fingerprint density at radius 3 is 1.38 bits per heavy atom. The molecule has 0 aliphatic rings. The van der Waals surface area contributed by atoms with Crippen LogP contribution in [0.4, 0.5) is 0 Å². The van der Waals surface area contributed by atoms with Crippen LogP contribution in [0, 0.1) is 0 Å². The second kappa shape index (κ2) is 16.6. The smallest absolute Gasteiger partial charge is 0.160 e. The van der Waals surface area contributed by atoms with Crippen LogP contribution in [0.3, 0.4) is 0 Å². The molecule has 68 heavy (non-hydrogen) atoms. The van der Waals surface area contributed by atoms with Crippen LogP contribution in [0.25, 0.3) is 126 Å². The standard InChI is InChI=1S/C64H41N3S/c1-7-21-42(22-8-1)48-35-36-57-55(37-48)56-39-49(43-23-9-2-10-24-43)38-52(44-25-11-3-12-26-44)62(56)67(57)61-53(45-27-13-4-14-28-45)40-50(41-54(61)46-29-15-5-16-30-46)59-63-60(51-33-19-20-34-58(51)68-63)66-64(65-59)47-31-17-6-18-32-47/h1-41H. The van der Waals surface area contributed by atoms with E-state index in [-0.39, 0.29) is 0 Å². The van der Waals surface area contributed by atoms with Gasteiger partial charge in [-0.15, -0.1) is 11.3 Å². The summed E-state index contributed by atoms with van der Waals surface area (Å²) >= 11 is 1.76. The molecule has 0 bridgehead atoms. The molecule has 4 heteroatoms. The topological polar surface area (TPSA) is 30.7 Å². The van der Waals surface area contributed by atoms with Gasteiger partial charge in [0.25, 0.3) is 0 Å². The molecule has 0 N–H and O–H groups in total. The Morgan fingerprint density at radius 1 is 0.324 bits per heavy atom. The van der Waals surface area contributed by atoms with Gasteiger partial charge < -0.3 is 4.57 Å². The van der Waals surface area contributed by atoms with Gasteiger partial charge in [-0.1, -0.05) is 206 Å². The summed E-state index contributed by atoms with van der Waals surface area (Å²) in [5, 5.41) is 3.52. The summed E-state index contributed by atoms with van der Waals surface area (Å²) in [6.45, 7) is 0. The van der Waals surface area contributed by atoms with Gasteiger partial charge in [-0.05, 0) is 81.4 Å². The number of benzene rings is 10. The number of rotatable bonds is 8. The Labute approximate surface area is 398 Å². The van der Waals surface area contributed by atoms with Crippen molar-refractivity contribution in [2.75, 3.05) is 0 Å². The molecule has 0 amide bonds. The third-order valence-electron chi connectivity index (χ3n) is 13.2. The number of hydrogen-bond donors (Lipinski definition) is 0. The first-order chi connectivity index (χ1) is 33.7. The second-order valence-corrected chi connectivity index (χ2v) is 18.3. The van der Waals surface area contributed by atoms with Gasteiger partial charge in [0.2, 0.25) is 0 Å². The van der Waals surface area contributed by atoms with E-state index in [1.165, 1.54) is 37.7 Å². The molecule has 0 aliphatic heterocycles. The number of thiophene rings is 1. The average Bonchev–Trinajstić information content (AvgIpc) is 3.97. The quantitative estimate of drug-likeness (QED) is 0.152. The number of nitrogens with zero attached hydrogens (tertiary/aromatic N) is 3. The third-order valence-corrected chi connectivity index (χ3v) is 14.4. The van der Waals surface area contributed by atoms with E-state index in [4.69, 9.17) is 9.97 Å². The molecule has 318 valence electrons. The van der Waals surface area contributed by atoms with E-state index in [9.17, 15) is 0 Å². The molecule has 0 spiro atoms. The van der Waals surface area contributed by atoms with Crippen LogP contribution in [0.1, 0.15) is 0 Å². The molecule has 3 aromatic heterocycles. The lowest BCUT2D eigenvalue weighted by Gasteiger charge is -2.22. The van der Waals surface area contributed by atoms with E-state index in [2.05, 4.69) is 247 Å². The third kappa shape index (κ3) is 6.81. The van der Waals surface area contributed by atoms with Crippen molar-refractivity contribution < 1.29 is 0 Å². The molecule has 13 aromatic rings. The first-order valence-corrected chi connectivity index (χ1v) is 23.9. The minimum absolute atomic E-state index is 0.710. The molecule has 0 saturated carbocycles. The Balaban J connectivity index is 1.20. The lowest BCUT2D eigenvalue weighted by atomic mass is 9.91. The molecule has 0 aliphatic carbocycles. The fourth-order valence-corrected chi connectivity index (χ4v) is 11.2. The van der Waals surface area contributed by atoms with Gasteiger partial charge in [-0.3, -0.25) is 0 Å². The monoisotopic (exact) mass is 883 g/mol. The van der Waals surface area contributed by atoms with Crippen molar-refractivity contribution in [2.24, 2.45) is 0 Å². The normalized spacial score (nSPS) is 11.5. The molecular formula is C64H41N3S. The van der Waals surface area contributed by atoms with Crippen molar-refractivity contribution >= 4 is 53.4 Å². The van der Waals surface area contributed by atoms with Crippen LogP contribution in [0.15, 0.2) is 249 Å². The summed E-state index contributed by atoms with van der Waals surface area (Å²) in [7, 11) is 0. The molecular weight excluding hydrogens is 843 g/mol. The van der Waals surface area contributed by atoms with Gasteiger partial charge in [0.15, 0.2) is 5.82 Å². The highest BCUT2D eigenvalue weighted by atomic mass is 32.1. The molecule has 3 nitrogen and oxygen atoms in total. The highest BCUT2D eigenvalue weighted by Crippen LogP contribution is 2.49. The summed E-state index contributed by atoms with van der Waals surface area (Å²) in [5.74, 6) is 0.710. The number of aromatic nitrogens is 3. The molecule has 10 aromatic carbocycles. The van der Waals surface area contributed by atoms with Crippen molar-refractivity contribution in [3.8, 4) is 84.0 Å². The van der Waals surface area contributed by atoms with Gasteiger partial charge in [0.1, 0.15) is 0 Å². The van der Waals surface area contributed by atoms with Crippen LogP contribution in [0.5, 0.6) is 0 Å². The lowest BCUT2D eigenvalue weighted by Crippen LogP contribution is -2.03. The van der Waals surface area contributed by atoms with Crippen molar-refractivity contribution in [1.82, 2.24) is 14.5 Å². The summed E-state index contributed by atoms with van der Waals surface area (Å²) in [6.07, 6.45) is 0. The van der Waals surface area contributed by atoms with E-state index in [0.29, 0.717) is 5.82 Å². The fourth-order valence-electron chi connectivity index (χ4n) is 10.0. The summed E-state index contributed by atoms with van der Waals surface area (Å²) in [4.78, 5) is 10.8. The largest absolute Gasteiger partial charge is 0.307 e. The molecule has 13 rings (SSSR count). The Morgan fingerprint density at radius 2 is 0.794 bits per heavy atom. The van der Waals surface area contributed by atoms with Crippen LogP contribution in [-0.4, -0.2) is 14.5 Å². The number of fused-ring (bicyclic) bond motifs is 6. The molecule has 0 atom stereocenters. The van der Waals surface area contributed by atoms with E-state index < -0.39 is 0 Å². The molecule has 3 heterocycles. The molecule has 0 fully saturated rings. The minimum Gasteiger partial charge on any atom is -0.307 e. The van der Waals surface area contributed by atoms with Crippen molar-refractivity contribution in [2.45, 2.75) is 0 Å². The summed E-state index contributed by atoms with van der Waals surface area (Å²) < 4.78 is 4.83. The van der Waals surface area contributed by atoms with Crippen LogP contribution in [0.2, 0.25) is 0 Å². The van der Waals surface area contributed by atoms with Crippen LogP contribution in [-0.2, 0) is 0 Å². The van der Waals surface area contributed by atoms with Crippen molar-refractivity contribution in [1.29, 1.82) is 0 Å². The maximum atomic E-state index is 5.52. The summed E-state index contributed by atoms with van der Waals surface area (Å²) in [6, 6.07) is 89.8. The maximum Gasteiger partial charge on any atom is 0.160 e. The Hall–Kier alpha value is -8.70. The van der Waals surface area contributed by atoms with Gasteiger partial charge in [0.05, 0.1) is 32.6 Å². The minimum atomic E-state index is 0.710. The van der Waals surface area contributed by atoms with Crippen molar-refractivity contribution in [3.05, 3.63) is 249 Å². The van der Waals surface area contributed by atoms with E-state index in [1.54, 1.807) is 11.3 Å². The van der Waals surface area contributed by atoms with Crippen molar-refractivity contribution in [3.63, 3.8) is 0 Å². The van der Waals surface area contributed by atoms with Crippen LogP contribution < -0.4 is 0 Å². The zero-order valence-electron chi connectivity index (χ0n) is 36.9. The first-order valence-electron chi connectivity index (χ1n) is 23.1. The maximum absolute atomic E-state index is 5.52. The Bertz CT molecular complexity index is 3920. The molecule has 0 saturated heterocycles. The second-order valence-electron chi connectivity index (χ2n) is 17.3. The Kier molecular flexibility index (Phi) is 9.69. The van der Waals surface area contributed by atoms with E-state index in [0.717, 1.165) is 82.5 Å². The first kappa shape index (κ1) is 39.6. The highest BCUT2D eigenvalue weighted by molar-refractivity contribution is 7.26. The van der Waals surface area contributed by atoms with Gasteiger partial charge >= 0.3 is 0 Å². The predicted octanol–water partition coefficient (Wildman–Crippen LogP) is 17.6. The lowest BCUT2D eigenvalue weighted by molar-refractivity contribution is 1.18.